The van der Waals surface area contributed by atoms with E-state index in [9.17, 15) is 4.79 Å². The van der Waals surface area contributed by atoms with Gasteiger partial charge < -0.3 is 26.0 Å². The van der Waals surface area contributed by atoms with Gasteiger partial charge in [0.15, 0.2) is 0 Å². The first-order valence-corrected chi connectivity index (χ1v) is 13.7. The molecule has 2 saturated heterocycles. The van der Waals surface area contributed by atoms with Crippen LogP contribution in [0.4, 0.5) is 16.3 Å². The van der Waals surface area contributed by atoms with Gasteiger partial charge in [0.2, 0.25) is 0 Å². The highest BCUT2D eigenvalue weighted by molar-refractivity contribution is 7.99. The molecule has 0 saturated carbocycles. The highest BCUT2D eigenvalue weighted by atomic mass is 35.5. The molecular weight excluding hydrogens is 508 g/mol. The summed E-state index contributed by atoms with van der Waals surface area (Å²) in [7, 11) is 0. The van der Waals surface area contributed by atoms with Crippen LogP contribution in [0.2, 0.25) is 5.02 Å². The van der Waals surface area contributed by atoms with E-state index in [1.54, 1.807) is 6.20 Å². The van der Waals surface area contributed by atoms with Crippen LogP contribution in [0.15, 0.2) is 64.8 Å². The van der Waals surface area contributed by atoms with Crippen LogP contribution in [-0.4, -0.2) is 48.3 Å². The van der Waals surface area contributed by atoms with E-state index in [4.69, 9.17) is 27.1 Å². The predicted octanol–water partition coefficient (Wildman–Crippen LogP) is 4.64. The quantitative estimate of drug-likeness (QED) is 0.418. The average molecular weight is 537 g/mol. The van der Waals surface area contributed by atoms with Crippen LogP contribution in [-0.2, 0) is 11.2 Å². The summed E-state index contributed by atoms with van der Waals surface area (Å²) in [6.45, 7) is 3.51. The van der Waals surface area contributed by atoms with Gasteiger partial charge in [-0.1, -0.05) is 53.7 Å². The molecule has 4 N–H and O–H groups in total. The molecule has 37 heavy (non-hydrogen) atoms. The van der Waals surface area contributed by atoms with Crippen molar-refractivity contribution in [1.82, 2.24) is 15.3 Å². The third-order valence-corrected chi connectivity index (χ3v) is 9.19. The summed E-state index contributed by atoms with van der Waals surface area (Å²) in [5.74, 6) is 0.848. The lowest BCUT2D eigenvalue weighted by Gasteiger charge is -2.42. The molecule has 2 aliphatic heterocycles. The lowest BCUT2D eigenvalue weighted by Crippen LogP contribution is -2.51. The Labute approximate surface area is 225 Å². The Bertz CT molecular complexity index is 1290. The van der Waals surface area contributed by atoms with E-state index < -0.39 is 6.09 Å². The molecule has 3 aliphatic rings. The van der Waals surface area contributed by atoms with Crippen molar-refractivity contribution in [2.45, 2.75) is 41.3 Å². The largest absolute Gasteiger partial charge is 0.441 e. The number of hydrogen-bond acceptors (Lipinski definition) is 8. The van der Waals surface area contributed by atoms with Crippen molar-refractivity contribution >= 4 is 41.0 Å². The van der Waals surface area contributed by atoms with Gasteiger partial charge in [-0.05, 0) is 42.5 Å². The smallest absolute Gasteiger partial charge is 0.405 e. The van der Waals surface area contributed by atoms with E-state index in [-0.39, 0.29) is 11.5 Å². The molecule has 1 unspecified atom stereocenters. The number of ether oxygens (including phenoxy) is 1. The second-order valence-corrected chi connectivity index (χ2v) is 11.4. The van der Waals surface area contributed by atoms with Gasteiger partial charge in [0, 0.05) is 36.5 Å². The number of fused-ring (bicyclic) bond motifs is 1. The van der Waals surface area contributed by atoms with Gasteiger partial charge in [0.1, 0.15) is 16.9 Å². The number of nitrogens with two attached hydrogens (primary N) is 1. The molecule has 6 rings (SSSR count). The van der Waals surface area contributed by atoms with Gasteiger partial charge >= 0.3 is 6.09 Å². The molecule has 2 fully saturated rings. The molecule has 0 radical (unpaired) electrons. The first-order chi connectivity index (χ1) is 18.0. The normalized spacial score (nSPS) is 20.4. The van der Waals surface area contributed by atoms with Crippen molar-refractivity contribution in [2.75, 3.05) is 36.4 Å². The molecule has 1 amide bonds. The van der Waals surface area contributed by atoms with Crippen molar-refractivity contribution in [3.8, 4) is 0 Å². The van der Waals surface area contributed by atoms with Crippen molar-refractivity contribution in [3.63, 3.8) is 0 Å². The topological polar surface area (TPSA) is 105 Å². The third-order valence-electron chi connectivity index (χ3n) is 7.69. The van der Waals surface area contributed by atoms with Gasteiger partial charge in [-0.15, -0.1) is 0 Å². The van der Waals surface area contributed by atoms with E-state index >= 15 is 0 Å². The number of carbonyl (C=O) groups excluding carboxylic acids is 1. The fourth-order valence-corrected chi connectivity index (χ4v) is 6.71. The molecule has 8 nitrogen and oxygen atoms in total. The van der Waals surface area contributed by atoms with E-state index in [1.807, 2.05) is 36.5 Å². The van der Waals surface area contributed by atoms with Crippen LogP contribution >= 0.6 is 23.4 Å². The molecule has 192 valence electrons. The molecule has 0 bridgehead atoms. The summed E-state index contributed by atoms with van der Waals surface area (Å²) < 4.78 is 5.66. The summed E-state index contributed by atoms with van der Waals surface area (Å²) in [6, 6.07) is 14.6. The van der Waals surface area contributed by atoms with Crippen molar-refractivity contribution < 1.29 is 9.53 Å². The molecule has 1 spiro atoms. The zero-order valence-electron chi connectivity index (χ0n) is 20.3. The summed E-state index contributed by atoms with van der Waals surface area (Å²) in [4.78, 5) is 24.3. The number of nitrogens with one attached hydrogen (secondary N) is 2. The highest BCUT2D eigenvalue weighted by Gasteiger charge is 2.49. The van der Waals surface area contributed by atoms with Crippen LogP contribution < -0.4 is 21.3 Å². The summed E-state index contributed by atoms with van der Waals surface area (Å²) in [5.41, 5.74) is 8.58. The Morgan fingerprint density at radius 3 is 2.65 bits per heavy atom. The molecule has 10 heteroatoms. The zero-order valence-corrected chi connectivity index (χ0v) is 21.9. The molecule has 2 aromatic carbocycles. The number of halogens is 1. The fourth-order valence-electron chi connectivity index (χ4n) is 5.63. The summed E-state index contributed by atoms with van der Waals surface area (Å²) in [5, 5.41) is 8.24. The molecule has 1 aliphatic carbocycles. The lowest BCUT2D eigenvalue weighted by atomic mass is 9.74. The second-order valence-electron chi connectivity index (χ2n) is 9.97. The SMILES string of the molecule is NC(=O)OC1c2ccccc2CC12CCN(c1cnc(Sc3cccc(NC4CNC4)c3Cl)cn1)CC2. The van der Waals surface area contributed by atoms with E-state index in [0.717, 1.165) is 72.4 Å². The summed E-state index contributed by atoms with van der Waals surface area (Å²) >= 11 is 8.18. The zero-order chi connectivity index (χ0) is 25.4. The number of primary amides is 1. The Balaban J connectivity index is 1.12. The number of carbonyl (C=O) groups is 1. The number of piperidine rings is 1. The monoisotopic (exact) mass is 536 g/mol. The number of aromatic nitrogens is 2. The highest BCUT2D eigenvalue weighted by Crippen LogP contribution is 2.54. The fraction of sp³-hybridized carbons (Fsp3) is 0.370. The minimum absolute atomic E-state index is 0.135. The molecular formula is C27H29ClN6O2S. The van der Waals surface area contributed by atoms with E-state index in [0.29, 0.717) is 11.1 Å². The number of benzene rings is 2. The van der Waals surface area contributed by atoms with Crippen molar-refractivity contribution in [3.05, 3.63) is 71.0 Å². The lowest BCUT2D eigenvalue weighted by molar-refractivity contribution is 0.00416. The van der Waals surface area contributed by atoms with Gasteiger partial charge in [0.05, 0.1) is 29.1 Å². The van der Waals surface area contributed by atoms with Crippen molar-refractivity contribution in [1.29, 1.82) is 0 Å². The molecule has 3 heterocycles. The number of rotatable bonds is 6. The Morgan fingerprint density at radius 1 is 1.14 bits per heavy atom. The Morgan fingerprint density at radius 2 is 1.95 bits per heavy atom. The number of nitrogens with zero attached hydrogens (tertiary/aromatic N) is 3. The van der Waals surface area contributed by atoms with E-state index in [2.05, 4.69) is 32.7 Å². The van der Waals surface area contributed by atoms with Gasteiger partial charge in [-0.25, -0.2) is 14.8 Å². The third kappa shape index (κ3) is 4.83. The minimum Gasteiger partial charge on any atom is -0.441 e. The van der Waals surface area contributed by atoms with Crippen LogP contribution in [0, 0.1) is 5.41 Å². The van der Waals surface area contributed by atoms with Gasteiger partial charge in [0.25, 0.3) is 0 Å². The second kappa shape index (κ2) is 10.0. The Kier molecular flexibility index (Phi) is 6.60. The first-order valence-electron chi connectivity index (χ1n) is 12.6. The van der Waals surface area contributed by atoms with E-state index in [1.165, 1.54) is 17.3 Å². The number of amides is 1. The van der Waals surface area contributed by atoms with Gasteiger partial charge in [-0.3, -0.25) is 0 Å². The maximum Gasteiger partial charge on any atom is 0.405 e. The molecule has 1 aromatic heterocycles. The van der Waals surface area contributed by atoms with Crippen LogP contribution in [0.3, 0.4) is 0 Å². The standard InChI is InChI=1S/C27H29ClN6O2S/c28-24-20(33-18-13-30-14-18)6-3-7-21(24)37-23-16-31-22(15-32-23)34-10-8-27(9-11-34)12-17-4-1-2-5-19(17)25(27)36-26(29)35/h1-7,15-16,18,25,30,33H,8-14H2,(H2,29,35). The number of hydrogen-bond donors (Lipinski definition) is 3. The van der Waals surface area contributed by atoms with Crippen molar-refractivity contribution in [2.24, 2.45) is 11.1 Å². The summed E-state index contributed by atoms with van der Waals surface area (Å²) in [6.07, 6.45) is 5.26. The molecule has 1 atom stereocenters. The molecule has 3 aromatic rings. The predicted molar refractivity (Wildman–Crippen MR) is 145 cm³/mol. The van der Waals surface area contributed by atoms with Crippen LogP contribution in [0.1, 0.15) is 30.1 Å². The first kappa shape index (κ1) is 24.3. The maximum absolute atomic E-state index is 11.7. The van der Waals surface area contributed by atoms with Crippen LogP contribution in [0.25, 0.3) is 0 Å². The average Bonchev–Trinajstić information content (AvgIpc) is 3.16. The van der Waals surface area contributed by atoms with Gasteiger partial charge in [-0.2, -0.15) is 0 Å². The minimum atomic E-state index is -0.719. The Hall–Kier alpha value is -3.01. The number of anilines is 2. The van der Waals surface area contributed by atoms with Crippen LogP contribution in [0.5, 0.6) is 0 Å². The maximum atomic E-state index is 11.7.